The van der Waals surface area contributed by atoms with E-state index in [4.69, 9.17) is 17.2 Å². The van der Waals surface area contributed by atoms with Crippen molar-refractivity contribution in [2.24, 2.45) is 5.73 Å². The maximum atomic E-state index is 14.0. The third-order valence-corrected chi connectivity index (χ3v) is 7.05. The molecule has 7 N–H and O–H groups in total. The second kappa shape index (κ2) is 15.0. The van der Waals surface area contributed by atoms with Crippen LogP contribution in [0.4, 0.5) is 26.2 Å². The molecule has 6 rings (SSSR count). The number of rotatable bonds is 4. The van der Waals surface area contributed by atoms with Gasteiger partial charge in [-0.1, -0.05) is 12.1 Å². The summed E-state index contributed by atoms with van der Waals surface area (Å²) in [7, 11) is 0. The normalized spacial score (nSPS) is 10.5. The molecule has 0 bridgehead atoms. The molecule has 0 aliphatic heterocycles. The van der Waals surface area contributed by atoms with Crippen LogP contribution in [0.15, 0.2) is 87.1 Å². The third kappa shape index (κ3) is 8.79. The molecule has 0 amide bonds. The Morgan fingerprint density at radius 2 is 1.26 bits per heavy atom. The van der Waals surface area contributed by atoms with Crippen molar-refractivity contribution in [2.75, 3.05) is 16.8 Å². The summed E-state index contributed by atoms with van der Waals surface area (Å²) in [5, 5.41) is 4.79. The molecule has 0 saturated carbocycles. The first kappa shape index (κ1) is 32.0. The molecule has 15 heteroatoms. The number of nitrogen functional groups attached to an aromatic ring is 2. The van der Waals surface area contributed by atoms with Crippen LogP contribution in [0.3, 0.4) is 0 Å². The van der Waals surface area contributed by atoms with E-state index in [0.29, 0.717) is 47.6 Å². The van der Waals surface area contributed by atoms with Crippen molar-refractivity contribution in [1.82, 2.24) is 29.9 Å². The van der Waals surface area contributed by atoms with Gasteiger partial charge in [0.1, 0.15) is 25.4 Å². The molecule has 4 heterocycles. The number of anilines is 3. The van der Waals surface area contributed by atoms with E-state index in [0.717, 1.165) is 10.8 Å². The van der Waals surface area contributed by atoms with Gasteiger partial charge >= 0.3 is 0 Å². The van der Waals surface area contributed by atoms with Gasteiger partial charge < -0.3 is 22.5 Å². The lowest BCUT2D eigenvalue weighted by Crippen LogP contribution is -2.07. The zero-order chi connectivity index (χ0) is 30.9. The van der Waals surface area contributed by atoms with E-state index in [1.807, 2.05) is 24.3 Å². The number of halogens is 5. The first-order valence-corrected chi connectivity index (χ1v) is 14.7. The predicted molar refractivity (Wildman–Crippen MR) is 177 cm³/mol. The molecule has 0 spiro atoms. The van der Waals surface area contributed by atoms with Crippen molar-refractivity contribution in [2.45, 2.75) is 13.1 Å². The second-order valence-corrected chi connectivity index (χ2v) is 11.0. The van der Waals surface area contributed by atoms with Gasteiger partial charge in [0.15, 0.2) is 17.5 Å². The Hall–Kier alpha value is -3.92. The van der Waals surface area contributed by atoms with E-state index in [1.165, 1.54) is 18.3 Å². The van der Waals surface area contributed by atoms with E-state index in [2.05, 4.69) is 83.0 Å². The number of pyridine rings is 2. The van der Waals surface area contributed by atoms with Crippen molar-refractivity contribution < 1.29 is 10.2 Å². The van der Waals surface area contributed by atoms with Crippen LogP contribution in [0.5, 0.6) is 0 Å². The smallest absolute Gasteiger partial charge is 0.170 e. The lowest BCUT2D eigenvalue weighted by molar-refractivity contribution is 0.612. The van der Waals surface area contributed by atoms with Crippen LogP contribution in [-0.2, 0) is 13.1 Å². The Kier molecular flexibility index (Phi) is 11.2. The van der Waals surface area contributed by atoms with E-state index in [9.17, 15) is 8.78 Å². The van der Waals surface area contributed by atoms with Crippen LogP contribution < -0.4 is 22.5 Å². The molecule has 2 aromatic carbocycles. The Morgan fingerprint density at radius 3 is 1.81 bits per heavy atom. The Morgan fingerprint density at radius 1 is 0.721 bits per heavy atom. The minimum Gasteiger partial charge on any atom is -0.381 e. The average molecular weight is 780 g/mol. The number of nitrogens with one attached hydrogen (secondary N) is 1. The Balaban J connectivity index is 0.000000197. The largest absolute Gasteiger partial charge is 0.381 e. The molecule has 43 heavy (non-hydrogen) atoms. The van der Waals surface area contributed by atoms with Crippen molar-refractivity contribution in [3.05, 3.63) is 110 Å². The topological polar surface area (TPSA) is 167 Å². The number of hydrogen-bond acceptors (Lipinski definition) is 10. The third-order valence-electron chi connectivity index (χ3n) is 5.71. The van der Waals surface area contributed by atoms with Gasteiger partial charge in [0, 0.05) is 60.9 Å². The van der Waals surface area contributed by atoms with E-state index in [1.54, 1.807) is 30.7 Å². The average Bonchev–Trinajstić information content (AvgIpc) is 3.00. The molecule has 222 valence electrons. The minimum atomic E-state index is -0.324. The molecule has 0 aliphatic rings. The van der Waals surface area contributed by atoms with E-state index in [-0.39, 0.29) is 32.0 Å². The Bertz CT molecular complexity index is 1880. The second-order valence-electron chi connectivity index (χ2n) is 8.63. The van der Waals surface area contributed by atoms with Crippen molar-refractivity contribution >= 4 is 87.0 Å². The van der Waals surface area contributed by atoms with Gasteiger partial charge in [0.05, 0.1) is 23.4 Å². The maximum Gasteiger partial charge on any atom is 0.170 e. The molecule has 0 fully saturated rings. The summed E-state index contributed by atoms with van der Waals surface area (Å²) < 4.78 is 29.0. The van der Waals surface area contributed by atoms with Crippen molar-refractivity contribution in [1.29, 1.82) is 0 Å². The lowest BCUT2D eigenvalue weighted by atomic mass is 10.1. The van der Waals surface area contributed by atoms with Crippen molar-refractivity contribution in [3.63, 3.8) is 0 Å². The summed E-state index contributed by atoms with van der Waals surface area (Å²) in [6.45, 7) is 0.475. The van der Waals surface area contributed by atoms with Gasteiger partial charge in [0.25, 0.3) is 0 Å². The highest BCUT2D eigenvalue weighted by molar-refractivity contribution is 9.11. The SMILES string of the molecule is NCc1cc2cccnc2cc1F.Nc1ncc(Br)nc1Br.Nc1ncc(Br)nc1NCc1cc2cccnc2cc1F.[2HH]. The minimum absolute atomic E-state index is 0. The van der Waals surface area contributed by atoms with Crippen molar-refractivity contribution in [3.8, 4) is 0 Å². The van der Waals surface area contributed by atoms with Crippen LogP contribution in [0.2, 0.25) is 0 Å². The predicted octanol–water partition coefficient (Wildman–Crippen LogP) is 6.78. The number of nitrogens with two attached hydrogens (primary N) is 3. The molecule has 0 atom stereocenters. The van der Waals surface area contributed by atoms with Gasteiger partial charge in [0.2, 0.25) is 0 Å². The highest BCUT2D eigenvalue weighted by Crippen LogP contribution is 2.21. The van der Waals surface area contributed by atoms with Gasteiger partial charge in [-0.3, -0.25) is 9.97 Å². The molecule has 6 aromatic rings. The van der Waals surface area contributed by atoms with Crippen LogP contribution in [-0.4, -0.2) is 29.9 Å². The van der Waals surface area contributed by atoms with Crippen LogP contribution in [0, 0.1) is 11.6 Å². The molecule has 4 aromatic heterocycles. The number of benzene rings is 2. The molecule has 0 unspecified atom stereocenters. The molecule has 0 saturated heterocycles. The highest BCUT2D eigenvalue weighted by Gasteiger charge is 2.08. The molecule has 10 nitrogen and oxygen atoms in total. The van der Waals surface area contributed by atoms with E-state index >= 15 is 0 Å². The number of nitrogens with zero attached hydrogens (tertiary/aromatic N) is 6. The summed E-state index contributed by atoms with van der Waals surface area (Å²) in [6, 6.07) is 13.7. The fourth-order valence-electron chi connectivity index (χ4n) is 3.62. The number of aromatic nitrogens is 6. The van der Waals surface area contributed by atoms with Crippen LogP contribution in [0.1, 0.15) is 12.6 Å². The monoisotopic (exact) mass is 777 g/mol. The van der Waals surface area contributed by atoms with Gasteiger partial charge in [-0.25, -0.2) is 28.7 Å². The van der Waals surface area contributed by atoms with Gasteiger partial charge in [-0.05, 0) is 72.1 Å². The van der Waals surface area contributed by atoms with Gasteiger partial charge in [-0.15, -0.1) is 0 Å². The van der Waals surface area contributed by atoms with E-state index < -0.39 is 0 Å². The zero-order valence-electron chi connectivity index (χ0n) is 22.1. The summed E-state index contributed by atoms with van der Waals surface area (Å²) in [5.74, 6) is 0.471. The Labute approximate surface area is 271 Å². The quantitative estimate of drug-likeness (QED) is 0.150. The number of fused-ring (bicyclic) bond motifs is 2. The summed E-state index contributed by atoms with van der Waals surface area (Å²) >= 11 is 9.47. The van der Waals surface area contributed by atoms with Crippen LogP contribution >= 0.6 is 47.8 Å². The van der Waals surface area contributed by atoms with Gasteiger partial charge in [-0.2, -0.15) is 0 Å². The molecule has 0 aliphatic carbocycles. The summed E-state index contributed by atoms with van der Waals surface area (Å²) in [6.07, 6.45) is 6.32. The maximum absolute atomic E-state index is 14.0. The highest BCUT2D eigenvalue weighted by atomic mass is 79.9. The fraction of sp³-hybridized carbons (Fsp3) is 0.0714. The summed E-state index contributed by atoms with van der Waals surface area (Å²) in [4.78, 5) is 24.0. The molecular weight excluding hydrogens is 754 g/mol. The number of hydrogen-bond donors (Lipinski definition) is 4. The first-order chi connectivity index (χ1) is 20.6. The first-order valence-electron chi connectivity index (χ1n) is 12.4. The lowest BCUT2D eigenvalue weighted by Gasteiger charge is -2.09. The molecular formula is C28H25Br3F2N10. The van der Waals surface area contributed by atoms with Crippen LogP contribution in [0.25, 0.3) is 21.8 Å². The standard InChI is InChI=1S/C14H11BrFN5.C10H9FN2.C4H3Br2N3.H2/c15-12-7-19-13(17)14(21-12)20-6-9-4-8-2-1-3-18-11(8)5-10(9)16;11-9-5-10-7(2-1-3-13-10)4-8(9)6-12;5-2-1-8-4(7)3(6)9-2;/h1-5,7H,6H2,(H2,17,19)(H,20,21);1-5H,6,12H2;1H,(H2,7,8);1H/i;;;1+1. The fourth-order valence-corrected chi connectivity index (χ4v) is 4.71. The molecule has 0 radical (unpaired) electrons. The summed E-state index contributed by atoms with van der Waals surface area (Å²) in [5.41, 5.74) is 18.8. The zero-order valence-corrected chi connectivity index (χ0v) is 26.9.